The summed E-state index contributed by atoms with van der Waals surface area (Å²) in [7, 11) is 2.31. The molecule has 0 amide bonds. The van der Waals surface area contributed by atoms with Crippen LogP contribution in [0, 0.1) is 11.3 Å². The number of hydrogen-bond acceptors (Lipinski definition) is 2. The van der Waals surface area contributed by atoms with Gasteiger partial charge in [0.1, 0.15) is 0 Å². The van der Waals surface area contributed by atoms with E-state index in [1.54, 1.807) is 0 Å². The van der Waals surface area contributed by atoms with Crippen molar-refractivity contribution >= 4 is 0 Å². The maximum atomic E-state index is 3.72. The van der Waals surface area contributed by atoms with Crippen molar-refractivity contribution in [1.29, 1.82) is 0 Å². The zero-order chi connectivity index (χ0) is 14.5. The van der Waals surface area contributed by atoms with Crippen LogP contribution < -0.4 is 5.32 Å². The highest BCUT2D eigenvalue weighted by atomic mass is 15.1. The van der Waals surface area contributed by atoms with Crippen molar-refractivity contribution in [3.05, 3.63) is 0 Å². The zero-order valence-electron chi connectivity index (χ0n) is 14.1. The van der Waals surface area contributed by atoms with Crippen LogP contribution >= 0.6 is 0 Å². The first-order valence-corrected chi connectivity index (χ1v) is 8.33. The molecule has 0 bridgehead atoms. The molecule has 0 saturated heterocycles. The third-order valence-electron chi connectivity index (χ3n) is 4.96. The van der Waals surface area contributed by atoms with E-state index in [-0.39, 0.29) is 0 Å². The summed E-state index contributed by atoms with van der Waals surface area (Å²) in [6.45, 7) is 14.1. The summed E-state index contributed by atoms with van der Waals surface area (Å²) >= 11 is 0. The molecule has 2 heteroatoms. The molecular weight excluding hydrogens is 232 g/mol. The Morgan fingerprint density at radius 3 is 2.58 bits per heavy atom. The van der Waals surface area contributed by atoms with Gasteiger partial charge in [-0.05, 0) is 57.5 Å². The molecule has 2 nitrogen and oxygen atoms in total. The first-order valence-electron chi connectivity index (χ1n) is 8.33. The second-order valence-electron chi connectivity index (χ2n) is 7.41. The van der Waals surface area contributed by atoms with Crippen LogP contribution in [0.3, 0.4) is 0 Å². The van der Waals surface area contributed by atoms with Crippen LogP contribution in [0.25, 0.3) is 0 Å². The fraction of sp³-hybridized carbons (Fsp3) is 1.00. The van der Waals surface area contributed by atoms with Crippen LogP contribution in [-0.2, 0) is 0 Å². The quantitative estimate of drug-likeness (QED) is 0.753. The van der Waals surface area contributed by atoms with E-state index in [1.807, 2.05) is 0 Å². The third kappa shape index (κ3) is 5.43. The molecule has 19 heavy (non-hydrogen) atoms. The lowest BCUT2D eigenvalue weighted by molar-refractivity contribution is 0.0955. The lowest BCUT2D eigenvalue weighted by Gasteiger charge is -2.43. The Hall–Kier alpha value is -0.0800. The van der Waals surface area contributed by atoms with Gasteiger partial charge in [0.05, 0.1) is 0 Å². The van der Waals surface area contributed by atoms with Gasteiger partial charge < -0.3 is 10.2 Å². The Bertz CT molecular complexity index is 250. The van der Waals surface area contributed by atoms with Gasteiger partial charge >= 0.3 is 0 Å². The Kier molecular flexibility index (Phi) is 6.82. The van der Waals surface area contributed by atoms with Crippen molar-refractivity contribution in [2.45, 2.75) is 78.8 Å². The van der Waals surface area contributed by atoms with Crippen LogP contribution in [0.15, 0.2) is 0 Å². The van der Waals surface area contributed by atoms with Crippen LogP contribution in [0.2, 0.25) is 0 Å². The SMILES string of the molecule is CCCC(C)N(C)CC1CC(C)(C)CCC1NCC. The Morgan fingerprint density at radius 2 is 2.00 bits per heavy atom. The Balaban J connectivity index is 2.58. The van der Waals surface area contributed by atoms with E-state index in [0.717, 1.165) is 24.5 Å². The van der Waals surface area contributed by atoms with Crippen molar-refractivity contribution in [3.63, 3.8) is 0 Å². The lowest BCUT2D eigenvalue weighted by Crippen LogP contribution is -2.48. The maximum absolute atomic E-state index is 3.72. The normalized spacial score (nSPS) is 28.6. The summed E-state index contributed by atoms with van der Waals surface area (Å²) in [5, 5.41) is 3.72. The molecule has 1 rings (SSSR count). The minimum Gasteiger partial charge on any atom is -0.314 e. The van der Waals surface area contributed by atoms with E-state index in [1.165, 1.54) is 38.6 Å². The monoisotopic (exact) mass is 268 g/mol. The first kappa shape index (κ1) is 17.0. The number of nitrogens with one attached hydrogen (secondary N) is 1. The molecule has 0 radical (unpaired) electrons. The zero-order valence-corrected chi connectivity index (χ0v) is 14.1. The van der Waals surface area contributed by atoms with Crippen molar-refractivity contribution in [3.8, 4) is 0 Å². The van der Waals surface area contributed by atoms with Gasteiger partial charge in [0, 0.05) is 18.6 Å². The van der Waals surface area contributed by atoms with Crippen molar-refractivity contribution < 1.29 is 0 Å². The minimum atomic E-state index is 0.533. The molecule has 0 aromatic heterocycles. The fourth-order valence-corrected chi connectivity index (χ4v) is 3.65. The van der Waals surface area contributed by atoms with Gasteiger partial charge in [0.15, 0.2) is 0 Å². The summed E-state index contributed by atoms with van der Waals surface area (Å²) in [6, 6.07) is 1.45. The Morgan fingerprint density at radius 1 is 1.32 bits per heavy atom. The van der Waals surface area contributed by atoms with Crippen molar-refractivity contribution in [1.82, 2.24) is 10.2 Å². The standard InChI is InChI=1S/C17H36N2/c1-7-9-14(3)19(6)13-15-12-17(4,5)11-10-16(15)18-8-2/h14-16,18H,7-13H2,1-6H3. The van der Waals surface area contributed by atoms with Crippen LogP contribution in [0.1, 0.15) is 66.7 Å². The minimum absolute atomic E-state index is 0.533. The van der Waals surface area contributed by atoms with Gasteiger partial charge in [-0.2, -0.15) is 0 Å². The molecule has 0 aliphatic heterocycles. The molecule has 1 saturated carbocycles. The molecule has 3 unspecified atom stereocenters. The molecule has 1 aliphatic carbocycles. The van der Waals surface area contributed by atoms with E-state index in [9.17, 15) is 0 Å². The number of rotatable bonds is 7. The Labute approximate surface area is 121 Å². The molecular formula is C17H36N2. The van der Waals surface area contributed by atoms with Gasteiger partial charge in [0.25, 0.3) is 0 Å². The lowest BCUT2D eigenvalue weighted by atomic mass is 9.69. The molecule has 0 aromatic rings. The summed E-state index contributed by atoms with van der Waals surface area (Å²) in [5.41, 5.74) is 0.533. The third-order valence-corrected chi connectivity index (χ3v) is 4.96. The van der Waals surface area contributed by atoms with E-state index in [0.29, 0.717) is 5.41 Å². The van der Waals surface area contributed by atoms with Gasteiger partial charge in [-0.3, -0.25) is 0 Å². The molecule has 0 spiro atoms. The highest BCUT2D eigenvalue weighted by Crippen LogP contribution is 2.39. The van der Waals surface area contributed by atoms with E-state index < -0.39 is 0 Å². The first-order chi connectivity index (χ1) is 8.89. The van der Waals surface area contributed by atoms with Gasteiger partial charge in [-0.15, -0.1) is 0 Å². The molecule has 114 valence electrons. The summed E-state index contributed by atoms with van der Waals surface area (Å²) < 4.78 is 0. The van der Waals surface area contributed by atoms with Gasteiger partial charge in [-0.1, -0.05) is 34.1 Å². The average Bonchev–Trinajstić information content (AvgIpc) is 2.32. The predicted molar refractivity (Wildman–Crippen MR) is 85.6 cm³/mol. The topological polar surface area (TPSA) is 15.3 Å². The summed E-state index contributed by atoms with van der Waals surface area (Å²) in [4.78, 5) is 2.58. The molecule has 0 aromatic carbocycles. The molecule has 0 heterocycles. The molecule has 1 N–H and O–H groups in total. The fourth-order valence-electron chi connectivity index (χ4n) is 3.65. The van der Waals surface area contributed by atoms with E-state index >= 15 is 0 Å². The molecule has 3 atom stereocenters. The molecule has 1 aliphatic rings. The number of nitrogens with zero attached hydrogens (tertiary/aromatic N) is 1. The summed E-state index contributed by atoms with van der Waals surface area (Å²) in [5.74, 6) is 0.813. The second-order valence-corrected chi connectivity index (χ2v) is 7.41. The van der Waals surface area contributed by atoms with Crippen LogP contribution in [-0.4, -0.2) is 37.1 Å². The highest BCUT2D eigenvalue weighted by molar-refractivity contribution is 4.90. The highest BCUT2D eigenvalue weighted by Gasteiger charge is 2.35. The smallest absolute Gasteiger partial charge is 0.0108 e. The maximum Gasteiger partial charge on any atom is 0.0108 e. The number of hydrogen-bond donors (Lipinski definition) is 1. The second kappa shape index (κ2) is 7.64. The van der Waals surface area contributed by atoms with Crippen molar-refractivity contribution in [2.24, 2.45) is 11.3 Å². The van der Waals surface area contributed by atoms with Gasteiger partial charge in [0.2, 0.25) is 0 Å². The van der Waals surface area contributed by atoms with E-state index in [4.69, 9.17) is 0 Å². The van der Waals surface area contributed by atoms with E-state index in [2.05, 4.69) is 51.9 Å². The largest absolute Gasteiger partial charge is 0.314 e. The molecule has 1 fully saturated rings. The average molecular weight is 268 g/mol. The van der Waals surface area contributed by atoms with Crippen molar-refractivity contribution in [2.75, 3.05) is 20.1 Å². The predicted octanol–water partition coefficient (Wildman–Crippen LogP) is 3.91. The van der Waals surface area contributed by atoms with Crippen LogP contribution in [0.4, 0.5) is 0 Å². The van der Waals surface area contributed by atoms with Gasteiger partial charge in [-0.25, -0.2) is 0 Å². The van der Waals surface area contributed by atoms with Crippen LogP contribution in [0.5, 0.6) is 0 Å². The summed E-state index contributed by atoms with van der Waals surface area (Å²) in [6.07, 6.45) is 6.70.